The second-order valence-corrected chi connectivity index (χ2v) is 3.68. The van der Waals surface area contributed by atoms with Crippen molar-refractivity contribution in [3.63, 3.8) is 0 Å². The summed E-state index contributed by atoms with van der Waals surface area (Å²) in [5.41, 5.74) is 1.62. The topological polar surface area (TPSA) is 99.3 Å². The van der Waals surface area contributed by atoms with Crippen LogP contribution in [0, 0.1) is 0 Å². The molecule has 0 spiro atoms. The van der Waals surface area contributed by atoms with Crippen LogP contribution >= 0.6 is 0 Å². The Morgan fingerprint density at radius 2 is 2.44 bits per heavy atom. The Balaban J connectivity index is 2.27. The van der Waals surface area contributed by atoms with Gasteiger partial charge in [0.15, 0.2) is 11.5 Å². The fraction of sp³-hybridized carbons (Fsp3) is 0.200. The van der Waals surface area contributed by atoms with Crippen LogP contribution in [0.15, 0.2) is 16.8 Å². The van der Waals surface area contributed by atoms with Gasteiger partial charge in [-0.2, -0.15) is 0 Å². The van der Waals surface area contributed by atoms with Crippen LogP contribution in [0.5, 0.6) is 0 Å². The molecule has 1 aliphatic rings. The molecule has 0 radical (unpaired) electrons. The zero-order chi connectivity index (χ0) is 11.3. The van der Waals surface area contributed by atoms with E-state index in [0.717, 1.165) is 5.56 Å². The Bertz CT molecular complexity index is 569. The summed E-state index contributed by atoms with van der Waals surface area (Å²) >= 11 is 0. The minimum Gasteiger partial charge on any atom is -0.476 e. The van der Waals surface area contributed by atoms with Crippen LogP contribution in [0.4, 0.5) is 0 Å². The molecule has 0 aliphatic heterocycles. The third-order valence-corrected chi connectivity index (χ3v) is 2.74. The zero-order valence-electron chi connectivity index (χ0n) is 8.10. The summed E-state index contributed by atoms with van der Waals surface area (Å²) in [4.78, 5) is 13.8. The molecular weight excluding hydrogens is 212 g/mol. The number of carboxylic acids is 1. The zero-order valence-corrected chi connectivity index (χ0v) is 8.10. The number of aromatic amines is 1. The highest BCUT2D eigenvalue weighted by Gasteiger charge is 2.33. The molecule has 0 fully saturated rings. The van der Waals surface area contributed by atoms with Crippen molar-refractivity contribution >= 4 is 5.97 Å². The summed E-state index contributed by atoms with van der Waals surface area (Å²) in [6.07, 6.45) is 1.21. The van der Waals surface area contributed by atoms with Crippen molar-refractivity contribution in [3.05, 3.63) is 29.1 Å². The number of H-pyrrole nitrogens is 1. The molecule has 1 atom stereocenters. The standard InChI is InChI=1S/C10H8N2O4/c13-5-3-4-1-2-11-7(4)9-6(5)8(10(14)15)12-16-9/h1-2,5,11,13H,3H2,(H,14,15). The van der Waals surface area contributed by atoms with Crippen molar-refractivity contribution in [2.24, 2.45) is 0 Å². The van der Waals surface area contributed by atoms with E-state index in [4.69, 9.17) is 9.63 Å². The van der Waals surface area contributed by atoms with Gasteiger partial charge >= 0.3 is 5.97 Å². The summed E-state index contributed by atoms with van der Waals surface area (Å²) in [6, 6.07) is 1.82. The lowest BCUT2D eigenvalue weighted by Gasteiger charge is -2.16. The number of carboxylic acid groups (broad SMARTS) is 1. The largest absolute Gasteiger partial charge is 0.476 e. The van der Waals surface area contributed by atoms with E-state index < -0.39 is 12.1 Å². The highest BCUT2D eigenvalue weighted by atomic mass is 16.5. The number of rotatable bonds is 1. The van der Waals surface area contributed by atoms with Crippen LogP contribution in [-0.2, 0) is 6.42 Å². The van der Waals surface area contributed by atoms with Gasteiger partial charge in [0.05, 0.1) is 17.4 Å². The molecule has 6 heteroatoms. The van der Waals surface area contributed by atoms with E-state index in [1.807, 2.05) is 6.07 Å². The molecule has 0 saturated carbocycles. The molecule has 0 saturated heterocycles. The second-order valence-electron chi connectivity index (χ2n) is 3.68. The van der Waals surface area contributed by atoms with Crippen molar-refractivity contribution in [3.8, 4) is 11.5 Å². The van der Waals surface area contributed by atoms with Crippen molar-refractivity contribution in [2.75, 3.05) is 0 Å². The van der Waals surface area contributed by atoms with Gasteiger partial charge in [-0.15, -0.1) is 0 Å². The number of nitrogens with one attached hydrogen (secondary N) is 1. The van der Waals surface area contributed by atoms with Gasteiger partial charge in [0.25, 0.3) is 0 Å². The van der Waals surface area contributed by atoms with Gasteiger partial charge in [-0.3, -0.25) is 0 Å². The second kappa shape index (κ2) is 2.96. The average molecular weight is 220 g/mol. The quantitative estimate of drug-likeness (QED) is 0.664. The Morgan fingerprint density at radius 3 is 3.19 bits per heavy atom. The first-order chi connectivity index (χ1) is 7.68. The first-order valence-electron chi connectivity index (χ1n) is 4.76. The molecular formula is C10H8N2O4. The Hall–Kier alpha value is -2.08. The molecule has 2 heterocycles. The predicted octanol–water partition coefficient (Wildman–Crippen LogP) is 0.957. The first-order valence-corrected chi connectivity index (χ1v) is 4.76. The van der Waals surface area contributed by atoms with Gasteiger partial charge in [0, 0.05) is 12.6 Å². The van der Waals surface area contributed by atoms with Crippen LogP contribution in [0.1, 0.15) is 27.7 Å². The van der Waals surface area contributed by atoms with E-state index in [1.54, 1.807) is 6.20 Å². The molecule has 0 bridgehead atoms. The van der Waals surface area contributed by atoms with Gasteiger partial charge in [0.2, 0.25) is 0 Å². The first kappa shape index (κ1) is 9.17. The Labute approximate surface area is 89.5 Å². The molecule has 0 aromatic carbocycles. The van der Waals surface area contributed by atoms with Crippen LogP contribution in [0.3, 0.4) is 0 Å². The summed E-state index contributed by atoms with van der Waals surface area (Å²) in [7, 11) is 0. The summed E-state index contributed by atoms with van der Waals surface area (Å²) in [6.45, 7) is 0. The maximum atomic E-state index is 10.9. The lowest BCUT2D eigenvalue weighted by atomic mass is 9.92. The van der Waals surface area contributed by atoms with Crippen molar-refractivity contribution < 1.29 is 19.5 Å². The fourth-order valence-corrected chi connectivity index (χ4v) is 2.03. The Kier molecular flexibility index (Phi) is 1.69. The fourth-order valence-electron chi connectivity index (χ4n) is 2.03. The minimum absolute atomic E-state index is 0.220. The number of carbonyl (C=O) groups is 1. The molecule has 1 aliphatic carbocycles. The van der Waals surface area contributed by atoms with Gasteiger partial charge < -0.3 is 19.7 Å². The average Bonchev–Trinajstić information content (AvgIpc) is 2.80. The summed E-state index contributed by atoms with van der Waals surface area (Å²) < 4.78 is 4.98. The van der Waals surface area contributed by atoms with Crippen molar-refractivity contribution in [1.29, 1.82) is 0 Å². The SMILES string of the molecule is O=C(O)c1noc2c1C(O)Cc1cc[nH]c1-2. The minimum atomic E-state index is -1.20. The monoisotopic (exact) mass is 220 g/mol. The number of nitrogens with zero attached hydrogens (tertiary/aromatic N) is 1. The van der Waals surface area contributed by atoms with Crippen LogP contribution in [0.2, 0.25) is 0 Å². The van der Waals surface area contributed by atoms with E-state index in [-0.39, 0.29) is 11.3 Å². The number of aromatic carboxylic acids is 1. The number of aliphatic hydroxyl groups excluding tert-OH is 1. The molecule has 6 nitrogen and oxygen atoms in total. The highest BCUT2D eigenvalue weighted by molar-refractivity contribution is 5.89. The highest BCUT2D eigenvalue weighted by Crippen LogP contribution is 2.39. The molecule has 2 aromatic heterocycles. The summed E-state index contributed by atoms with van der Waals surface area (Å²) in [5.74, 6) is -0.879. The molecule has 82 valence electrons. The molecule has 1 unspecified atom stereocenters. The lowest BCUT2D eigenvalue weighted by Crippen LogP contribution is -2.12. The lowest BCUT2D eigenvalue weighted by molar-refractivity contribution is 0.0678. The third kappa shape index (κ3) is 1.04. The molecule has 2 aromatic rings. The molecule has 16 heavy (non-hydrogen) atoms. The Morgan fingerprint density at radius 1 is 1.62 bits per heavy atom. The van der Waals surface area contributed by atoms with Gasteiger partial charge in [-0.05, 0) is 11.6 Å². The number of hydrogen-bond acceptors (Lipinski definition) is 4. The van der Waals surface area contributed by atoms with E-state index >= 15 is 0 Å². The van der Waals surface area contributed by atoms with Crippen LogP contribution in [0.25, 0.3) is 11.5 Å². The molecule has 3 rings (SSSR count). The molecule has 3 N–H and O–H groups in total. The van der Waals surface area contributed by atoms with Gasteiger partial charge in [-0.25, -0.2) is 4.79 Å². The number of hydrogen-bond donors (Lipinski definition) is 3. The van der Waals surface area contributed by atoms with Crippen LogP contribution in [-0.4, -0.2) is 26.3 Å². The smallest absolute Gasteiger partial charge is 0.358 e. The maximum absolute atomic E-state index is 10.9. The van der Waals surface area contributed by atoms with Gasteiger partial charge in [0.1, 0.15) is 0 Å². The summed E-state index contributed by atoms with van der Waals surface area (Å²) in [5, 5.41) is 22.2. The number of aliphatic hydroxyl groups is 1. The van der Waals surface area contributed by atoms with E-state index in [1.165, 1.54) is 0 Å². The van der Waals surface area contributed by atoms with E-state index in [2.05, 4.69) is 10.1 Å². The van der Waals surface area contributed by atoms with E-state index in [9.17, 15) is 9.90 Å². The van der Waals surface area contributed by atoms with E-state index in [0.29, 0.717) is 17.9 Å². The molecule has 0 amide bonds. The normalized spacial score (nSPS) is 17.9. The number of aromatic nitrogens is 2. The van der Waals surface area contributed by atoms with Crippen molar-refractivity contribution in [2.45, 2.75) is 12.5 Å². The van der Waals surface area contributed by atoms with Crippen LogP contribution < -0.4 is 0 Å². The predicted molar refractivity (Wildman–Crippen MR) is 51.9 cm³/mol. The maximum Gasteiger partial charge on any atom is 0.358 e. The van der Waals surface area contributed by atoms with Crippen molar-refractivity contribution in [1.82, 2.24) is 10.1 Å². The number of fused-ring (bicyclic) bond motifs is 3. The van der Waals surface area contributed by atoms with Gasteiger partial charge in [-0.1, -0.05) is 5.16 Å². The third-order valence-electron chi connectivity index (χ3n) is 2.74.